The lowest BCUT2D eigenvalue weighted by Crippen LogP contribution is -2.15. The molecule has 0 saturated carbocycles. The van der Waals surface area contributed by atoms with Crippen molar-refractivity contribution in [2.75, 3.05) is 26.9 Å². The van der Waals surface area contributed by atoms with E-state index in [1.165, 1.54) is 0 Å². The van der Waals surface area contributed by atoms with E-state index in [0.29, 0.717) is 12.4 Å². The van der Waals surface area contributed by atoms with Crippen molar-refractivity contribution in [1.82, 2.24) is 9.56 Å². The zero-order valence-electron chi connectivity index (χ0n) is 19.4. The second kappa shape index (κ2) is 14.1. The molecule has 0 N–H and O–H groups in total. The quantitative estimate of drug-likeness (QED) is 0.141. The molecule has 3 atom stereocenters. The van der Waals surface area contributed by atoms with Crippen LogP contribution < -0.4 is 9.47 Å². The fourth-order valence-corrected chi connectivity index (χ4v) is 4.64. The lowest BCUT2D eigenvalue weighted by atomic mass is 10.2. The first-order valence-electron chi connectivity index (χ1n) is 10.5. The maximum Gasteiger partial charge on any atom is 0.360 e. The highest BCUT2D eigenvalue weighted by Crippen LogP contribution is 2.35. The Bertz CT molecular complexity index is 999. The molecule has 0 heterocycles. The lowest BCUT2D eigenvalue weighted by molar-refractivity contribution is 0.322. The van der Waals surface area contributed by atoms with Crippen molar-refractivity contribution in [2.45, 2.75) is 19.7 Å². The predicted octanol–water partition coefficient (Wildman–Crippen LogP) is 5.95. The summed E-state index contributed by atoms with van der Waals surface area (Å²) in [6.45, 7) is 6.77. The third kappa shape index (κ3) is 8.90. The maximum absolute atomic E-state index is 6.08. The molecule has 174 valence electrons. The van der Waals surface area contributed by atoms with Crippen LogP contribution >= 0.6 is 13.7 Å². The molecule has 33 heavy (non-hydrogen) atoms. The Morgan fingerprint density at radius 1 is 0.909 bits per heavy atom. The molecule has 10 heteroatoms. The Balaban J connectivity index is 1.97. The van der Waals surface area contributed by atoms with Crippen molar-refractivity contribution in [3.05, 3.63) is 72.3 Å². The van der Waals surface area contributed by atoms with E-state index in [1.54, 1.807) is 23.3 Å². The normalized spacial score (nSPS) is 13.0. The largest absolute Gasteiger partial charge is 0.494 e. The van der Waals surface area contributed by atoms with E-state index in [4.69, 9.17) is 33.1 Å². The highest BCUT2D eigenvalue weighted by atomic mass is 32.4. The average Bonchev–Trinajstić information content (AvgIpc) is 2.85. The van der Waals surface area contributed by atoms with Gasteiger partial charge in [0.15, 0.2) is 23.6 Å². The van der Waals surface area contributed by atoms with Gasteiger partial charge < -0.3 is 9.47 Å². The zero-order chi connectivity index (χ0) is 24.2. The Kier molecular flexibility index (Phi) is 11.6. The van der Waals surface area contributed by atoms with Gasteiger partial charge in [0.1, 0.15) is 17.7 Å². The molecule has 3 unspecified atom stereocenters. The summed E-state index contributed by atoms with van der Waals surface area (Å²) in [6, 6.07) is 15.4. The molecule has 6 nitrogen and oxygen atoms in total. The molecule has 0 amide bonds. The molecule has 0 aliphatic heterocycles. The van der Waals surface area contributed by atoms with Crippen molar-refractivity contribution >= 4 is 49.7 Å². The van der Waals surface area contributed by atoms with E-state index >= 15 is 0 Å². The molecular formula is C23H30N4O2P2S2+2. The second-order valence-corrected chi connectivity index (χ2v) is 12.7. The first kappa shape index (κ1) is 27.0. The molecule has 0 aliphatic carbocycles. The number of ether oxygens (including phenoxy) is 2. The number of hydrazone groups is 2. The van der Waals surface area contributed by atoms with E-state index in [9.17, 15) is 0 Å². The summed E-state index contributed by atoms with van der Waals surface area (Å²) in [5.74, 6) is 1.20. The minimum atomic E-state index is -1.16. The third-order valence-corrected chi connectivity index (χ3v) is 9.91. The molecule has 0 fully saturated rings. The summed E-state index contributed by atoms with van der Waals surface area (Å²) in [5.41, 5.74) is 1.93. The molecule has 0 aliphatic rings. The van der Waals surface area contributed by atoms with Crippen molar-refractivity contribution in [3.8, 4) is 11.5 Å². The van der Waals surface area contributed by atoms with Gasteiger partial charge in [0.25, 0.3) is 0 Å². The Morgan fingerprint density at radius 2 is 1.42 bits per heavy atom. The molecule has 0 spiro atoms. The van der Waals surface area contributed by atoms with E-state index < -0.39 is 13.7 Å². The van der Waals surface area contributed by atoms with Gasteiger partial charge >= 0.3 is 19.5 Å². The van der Waals surface area contributed by atoms with Crippen LogP contribution in [0.3, 0.4) is 0 Å². The summed E-state index contributed by atoms with van der Waals surface area (Å²) in [7, 11) is 3.76. The molecule has 2 aromatic carbocycles. The zero-order valence-corrected chi connectivity index (χ0v) is 22.8. The minimum absolute atomic E-state index is 0.351. The number of benzene rings is 2. The van der Waals surface area contributed by atoms with Crippen LogP contribution in [0.15, 0.2) is 71.4 Å². The molecule has 0 bridgehead atoms. The summed E-state index contributed by atoms with van der Waals surface area (Å²) in [6.07, 6.45) is 6.23. The Labute approximate surface area is 208 Å². The van der Waals surface area contributed by atoms with E-state index in [-0.39, 0.29) is 5.85 Å². The number of nitrogens with zero attached hydrogens (tertiary/aromatic N) is 4. The SMILES string of the molecule is C=CC(Oc1ccc(C=NN(C)[P+](=S)CC)cc1)[P+](=S)N(C)N=Cc1ccc(OCC)cc1. The fourth-order valence-electron chi connectivity index (χ4n) is 2.55. The van der Waals surface area contributed by atoms with Crippen LogP contribution in [0.25, 0.3) is 0 Å². The van der Waals surface area contributed by atoms with Gasteiger partial charge in [0.05, 0.1) is 33.1 Å². The summed E-state index contributed by atoms with van der Waals surface area (Å²) in [4.78, 5) is 0. The van der Waals surface area contributed by atoms with Crippen LogP contribution in [-0.2, 0) is 23.6 Å². The first-order chi connectivity index (χ1) is 15.9. The predicted molar refractivity (Wildman–Crippen MR) is 148 cm³/mol. The minimum Gasteiger partial charge on any atom is -0.494 e. The molecule has 2 aromatic rings. The second-order valence-electron chi connectivity index (χ2n) is 6.75. The van der Waals surface area contributed by atoms with Crippen molar-refractivity contribution in [3.63, 3.8) is 0 Å². The number of hydrogen-bond acceptors (Lipinski definition) is 6. The standard InChI is InChI=1S/C23H30N4O2P2S2/c1-6-23(29-22-15-11-20(12-16-22)17-24-26(4)30(32)8-3)31(33)27(5)25-18-19-9-13-21(14-10-19)28-7-2/h6,9-18,23H,1,7-8H2,2-5H3/q+2. The van der Waals surface area contributed by atoms with Crippen molar-refractivity contribution < 1.29 is 9.47 Å². The monoisotopic (exact) mass is 520 g/mol. The molecule has 0 saturated heterocycles. The summed E-state index contributed by atoms with van der Waals surface area (Å²) in [5, 5.41) is 8.91. The average molecular weight is 521 g/mol. The van der Waals surface area contributed by atoms with Crippen LogP contribution in [0.1, 0.15) is 25.0 Å². The smallest absolute Gasteiger partial charge is 0.360 e. The van der Waals surface area contributed by atoms with E-state index in [1.807, 2.05) is 74.3 Å². The van der Waals surface area contributed by atoms with Gasteiger partial charge in [-0.2, -0.15) is 0 Å². The first-order valence-corrected chi connectivity index (χ1v) is 15.3. The number of hydrogen-bond donors (Lipinski definition) is 0. The molecule has 2 rings (SSSR count). The summed E-state index contributed by atoms with van der Waals surface area (Å²) >= 11 is 11.1. The van der Waals surface area contributed by atoms with Crippen molar-refractivity contribution in [2.24, 2.45) is 10.2 Å². The van der Waals surface area contributed by atoms with Crippen LogP contribution in [-0.4, -0.2) is 54.7 Å². The van der Waals surface area contributed by atoms with Gasteiger partial charge in [-0.15, -0.1) is 19.8 Å². The van der Waals surface area contributed by atoms with E-state index in [0.717, 1.165) is 23.0 Å². The molecular weight excluding hydrogens is 490 g/mol. The van der Waals surface area contributed by atoms with Crippen LogP contribution in [0.4, 0.5) is 0 Å². The van der Waals surface area contributed by atoms with Gasteiger partial charge in [-0.1, -0.05) is 6.58 Å². The third-order valence-electron chi connectivity index (χ3n) is 4.37. The van der Waals surface area contributed by atoms with Gasteiger partial charge in [0, 0.05) is 0 Å². The Hall–Kier alpha value is -2.24. The molecule has 0 radical (unpaired) electrons. The Morgan fingerprint density at radius 3 is 1.91 bits per heavy atom. The number of rotatable bonds is 13. The van der Waals surface area contributed by atoms with Crippen LogP contribution in [0.5, 0.6) is 11.5 Å². The van der Waals surface area contributed by atoms with Crippen LogP contribution in [0.2, 0.25) is 0 Å². The van der Waals surface area contributed by atoms with Gasteiger partial charge in [-0.05, 0) is 79.6 Å². The highest BCUT2D eigenvalue weighted by Gasteiger charge is 2.29. The van der Waals surface area contributed by atoms with Crippen molar-refractivity contribution in [1.29, 1.82) is 0 Å². The molecule has 0 aromatic heterocycles. The van der Waals surface area contributed by atoms with Crippen LogP contribution in [0, 0.1) is 0 Å². The topological polar surface area (TPSA) is 49.7 Å². The van der Waals surface area contributed by atoms with Gasteiger partial charge in [-0.3, -0.25) is 0 Å². The maximum atomic E-state index is 6.08. The lowest BCUT2D eigenvalue weighted by Gasteiger charge is -2.12. The fraction of sp³-hybridized carbons (Fsp3) is 0.304. The van der Waals surface area contributed by atoms with Gasteiger partial charge in [0.2, 0.25) is 0 Å². The van der Waals surface area contributed by atoms with E-state index in [2.05, 4.69) is 23.7 Å². The summed E-state index contributed by atoms with van der Waals surface area (Å²) < 4.78 is 15.1. The highest BCUT2D eigenvalue weighted by molar-refractivity contribution is 8.04. The van der Waals surface area contributed by atoms with Gasteiger partial charge in [-0.25, -0.2) is 0 Å².